The summed E-state index contributed by atoms with van der Waals surface area (Å²) in [6.07, 6.45) is 3.32. The zero-order valence-electron chi connectivity index (χ0n) is 10.2. The molecule has 0 bridgehead atoms. The summed E-state index contributed by atoms with van der Waals surface area (Å²) in [5, 5.41) is 15.4. The van der Waals surface area contributed by atoms with Gasteiger partial charge in [-0.15, -0.1) is 11.3 Å². The predicted octanol–water partition coefficient (Wildman–Crippen LogP) is 4.15. The van der Waals surface area contributed by atoms with E-state index in [1.54, 1.807) is 23.1 Å². The van der Waals surface area contributed by atoms with Crippen molar-refractivity contribution < 1.29 is 5.21 Å². The zero-order valence-corrected chi connectivity index (χ0v) is 12.6. The standard InChI is InChI=1S/C13H10ClN3OS2/c14-10-3-1-2-9(6-10)8-20-12-11(7-15-18)17-4-5-19-13(17)16-12/h1-7,18H,8H2. The minimum absolute atomic E-state index is 0.728. The number of halogens is 1. The van der Waals surface area contributed by atoms with Crippen molar-refractivity contribution in [2.45, 2.75) is 10.8 Å². The van der Waals surface area contributed by atoms with Gasteiger partial charge < -0.3 is 5.21 Å². The highest BCUT2D eigenvalue weighted by atomic mass is 35.5. The van der Waals surface area contributed by atoms with Gasteiger partial charge in [-0.3, -0.25) is 4.40 Å². The topological polar surface area (TPSA) is 49.9 Å². The van der Waals surface area contributed by atoms with E-state index in [1.807, 2.05) is 40.2 Å². The zero-order chi connectivity index (χ0) is 13.9. The monoisotopic (exact) mass is 323 g/mol. The Labute approximate surface area is 128 Å². The van der Waals surface area contributed by atoms with E-state index in [-0.39, 0.29) is 0 Å². The Bertz CT molecular complexity index is 766. The van der Waals surface area contributed by atoms with Gasteiger partial charge in [0.25, 0.3) is 0 Å². The van der Waals surface area contributed by atoms with E-state index in [0.29, 0.717) is 0 Å². The Morgan fingerprint density at radius 2 is 2.40 bits per heavy atom. The van der Waals surface area contributed by atoms with Crippen LogP contribution in [-0.2, 0) is 5.75 Å². The van der Waals surface area contributed by atoms with Gasteiger partial charge in [-0.2, -0.15) is 0 Å². The molecule has 3 aromatic rings. The van der Waals surface area contributed by atoms with Crippen LogP contribution in [0.15, 0.2) is 46.0 Å². The third-order valence-electron chi connectivity index (χ3n) is 2.71. The molecular formula is C13H10ClN3OS2. The summed E-state index contributed by atoms with van der Waals surface area (Å²) in [7, 11) is 0. The number of hydrogen-bond acceptors (Lipinski definition) is 5. The lowest BCUT2D eigenvalue weighted by atomic mass is 10.2. The molecule has 7 heteroatoms. The largest absolute Gasteiger partial charge is 0.411 e. The second kappa shape index (κ2) is 5.87. The summed E-state index contributed by atoms with van der Waals surface area (Å²) in [4.78, 5) is 5.42. The van der Waals surface area contributed by atoms with Gasteiger partial charge in [0.2, 0.25) is 0 Å². The van der Waals surface area contributed by atoms with E-state index < -0.39 is 0 Å². The summed E-state index contributed by atoms with van der Waals surface area (Å²) in [6, 6.07) is 7.75. The lowest BCUT2D eigenvalue weighted by Gasteiger charge is -2.01. The number of fused-ring (bicyclic) bond motifs is 1. The van der Waals surface area contributed by atoms with Gasteiger partial charge in [-0.25, -0.2) is 4.98 Å². The van der Waals surface area contributed by atoms with Crippen molar-refractivity contribution >= 4 is 45.9 Å². The molecule has 0 amide bonds. The van der Waals surface area contributed by atoms with Crippen molar-refractivity contribution in [2.75, 3.05) is 0 Å². The Balaban J connectivity index is 1.87. The van der Waals surface area contributed by atoms with Crippen molar-refractivity contribution in [1.82, 2.24) is 9.38 Å². The molecule has 0 unspecified atom stereocenters. The number of benzene rings is 1. The molecule has 0 saturated carbocycles. The summed E-state index contributed by atoms with van der Waals surface area (Å²) < 4.78 is 1.91. The van der Waals surface area contributed by atoms with Crippen LogP contribution in [0.4, 0.5) is 0 Å². The maximum atomic E-state index is 8.79. The highest BCUT2D eigenvalue weighted by molar-refractivity contribution is 7.98. The first-order chi connectivity index (χ1) is 9.78. The lowest BCUT2D eigenvalue weighted by Crippen LogP contribution is -1.90. The molecule has 0 aliphatic carbocycles. The third kappa shape index (κ3) is 2.67. The Morgan fingerprint density at radius 1 is 1.50 bits per heavy atom. The van der Waals surface area contributed by atoms with Gasteiger partial charge in [0, 0.05) is 22.4 Å². The number of hydrogen-bond donors (Lipinski definition) is 1. The summed E-state index contributed by atoms with van der Waals surface area (Å²) in [5.41, 5.74) is 1.92. The Kier molecular flexibility index (Phi) is 3.95. The number of nitrogens with zero attached hydrogens (tertiary/aromatic N) is 3. The number of thiazole rings is 1. The molecule has 4 nitrogen and oxygen atoms in total. The first-order valence-corrected chi connectivity index (χ1v) is 8.02. The van der Waals surface area contributed by atoms with Gasteiger partial charge in [-0.1, -0.05) is 40.7 Å². The van der Waals surface area contributed by atoms with E-state index >= 15 is 0 Å². The number of aromatic nitrogens is 2. The van der Waals surface area contributed by atoms with E-state index in [2.05, 4.69) is 10.1 Å². The molecule has 1 aromatic carbocycles. The average molecular weight is 324 g/mol. The van der Waals surface area contributed by atoms with Crippen LogP contribution in [0.2, 0.25) is 5.02 Å². The summed E-state index contributed by atoms with van der Waals surface area (Å²) >= 11 is 9.11. The average Bonchev–Trinajstić information content (AvgIpc) is 3.00. The van der Waals surface area contributed by atoms with Crippen LogP contribution in [0.3, 0.4) is 0 Å². The molecule has 1 N–H and O–H groups in total. The van der Waals surface area contributed by atoms with Crippen LogP contribution in [0.1, 0.15) is 11.3 Å². The second-order valence-corrected chi connectivity index (χ2v) is 6.29. The maximum Gasteiger partial charge on any atom is 0.195 e. The molecular weight excluding hydrogens is 314 g/mol. The van der Waals surface area contributed by atoms with E-state index in [9.17, 15) is 0 Å². The molecule has 0 fully saturated rings. The number of thioether (sulfide) groups is 1. The number of imidazole rings is 1. The molecule has 102 valence electrons. The van der Waals surface area contributed by atoms with Crippen molar-refractivity contribution in [1.29, 1.82) is 0 Å². The molecule has 0 spiro atoms. The SMILES string of the molecule is ON=Cc1c(SCc2cccc(Cl)c2)nc2sccn12. The van der Waals surface area contributed by atoms with E-state index in [0.717, 1.165) is 32.0 Å². The van der Waals surface area contributed by atoms with Crippen LogP contribution in [0.25, 0.3) is 4.96 Å². The highest BCUT2D eigenvalue weighted by Gasteiger charge is 2.12. The normalized spacial score (nSPS) is 11.7. The maximum absolute atomic E-state index is 8.79. The molecule has 3 rings (SSSR count). The van der Waals surface area contributed by atoms with Gasteiger partial charge in [0.1, 0.15) is 10.7 Å². The van der Waals surface area contributed by atoms with E-state index in [4.69, 9.17) is 16.8 Å². The highest BCUT2D eigenvalue weighted by Crippen LogP contribution is 2.28. The van der Waals surface area contributed by atoms with Crippen molar-refractivity contribution in [3.05, 3.63) is 52.1 Å². The summed E-state index contributed by atoms with van der Waals surface area (Å²) in [6.45, 7) is 0. The van der Waals surface area contributed by atoms with Crippen molar-refractivity contribution in [3.8, 4) is 0 Å². The van der Waals surface area contributed by atoms with Gasteiger partial charge in [-0.05, 0) is 17.7 Å². The number of oxime groups is 1. The van der Waals surface area contributed by atoms with Crippen LogP contribution in [-0.4, -0.2) is 20.8 Å². The second-order valence-electron chi connectivity index (χ2n) is 4.02. The first-order valence-electron chi connectivity index (χ1n) is 5.78. The minimum Gasteiger partial charge on any atom is -0.411 e. The van der Waals surface area contributed by atoms with Crippen LogP contribution >= 0.6 is 34.7 Å². The molecule has 0 radical (unpaired) electrons. The Morgan fingerprint density at radius 3 is 3.20 bits per heavy atom. The number of rotatable bonds is 4. The quantitative estimate of drug-likeness (QED) is 0.339. The summed E-state index contributed by atoms with van der Waals surface area (Å²) in [5.74, 6) is 0.762. The van der Waals surface area contributed by atoms with Gasteiger partial charge >= 0.3 is 0 Å². The first kappa shape index (κ1) is 13.5. The molecule has 0 aliphatic rings. The minimum atomic E-state index is 0.728. The lowest BCUT2D eigenvalue weighted by molar-refractivity contribution is 0.321. The Hall–Kier alpha value is -1.50. The van der Waals surface area contributed by atoms with Crippen molar-refractivity contribution in [2.24, 2.45) is 5.16 Å². The van der Waals surface area contributed by atoms with Crippen molar-refractivity contribution in [3.63, 3.8) is 0 Å². The van der Waals surface area contributed by atoms with Crippen LogP contribution in [0.5, 0.6) is 0 Å². The fourth-order valence-corrected chi connectivity index (χ4v) is 3.76. The molecule has 0 saturated heterocycles. The van der Waals surface area contributed by atoms with Crippen LogP contribution in [0, 0.1) is 0 Å². The molecule has 0 aliphatic heterocycles. The molecule has 20 heavy (non-hydrogen) atoms. The molecule has 2 heterocycles. The van der Waals surface area contributed by atoms with Crippen LogP contribution < -0.4 is 0 Å². The smallest absolute Gasteiger partial charge is 0.195 e. The van der Waals surface area contributed by atoms with Gasteiger partial charge in [0.05, 0.1) is 6.21 Å². The van der Waals surface area contributed by atoms with E-state index in [1.165, 1.54) is 6.21 Å². The molecule has 2 aromatic heterocycles. The fourth-order valence-electron chi connectivity index (χ4n) is 1.84. The predicted molar refractivity (Wildman–Crippen MR) is 83.5 cm³/mol. The third-order valence-corrected chi connectivity index (χ3v) is 4.75. The fraction of sp³-hybridized carbons (Fsp3) is 0.0769. The van der Waals surface area contributed by atoms with Gasteiger partial charge in [0.15, 0.2) is 4.96 Å². The molecule has 0 atom stereocenters.